The number of nitrogens with one attached hydrogen (secondary N) is 2. The molecule has 0 bridgehead atoms. The van der Waals surface area contributed by atoms with Gasteiger partial charge in [0.15, 0.2) is 11.5 Å². The molecular formula is C18H20N6O2. The zero-order valence-corrected chi connectivity index (χ0v) is 14.4. The van der Waals surface area contributed by atoms with Crippen LogP contribution in [-0.4, -0.2) is 39.1 Å². The van der Waals surface area contributed by atoms with Gasteiger partial charge in [-0.15, -0.1) is 0 Å². The van der Waals surface area contributed by atoms with Gasteiger partial charge in [-0.25, -0.2) is 15.0 Å². The Morgan fingerprint density at radius 3 is 2.85 bits per heavy atom. The van der Waals surface area contributed by atoms with E-state index >= 15 is 0 Å². The maximum Gasteiger partial charge on any atom is 0.273 e. The number of aryl methyl sites for hydroxylation is 1. The summed E-state index contributed by atoms with van der Waals surface area (Å²) in [5, 5.41) is 15.9. The van der Waals surface area contributed by atoms with Gasteiger partial charge in [0, 0.05) is 36.4 Å². The average molecular weight is 352 g/mol. The molecule has 26 heavy (non-hydrogen) atoms. The van der Waals surface area contributed by atoms with Gasteiger partial charge in [0.25, 0.3) is 5.91 Å². The molecule has 0 radical (unpaired) electrons. The van der Waals surface area contributed by atoms with Crippen LogP contribution >= 0.6 is 0 Å². The van der Waals surface area contributed by atoms with E-state index in [9.17, 15) is 4.79 Å². The van der Waals surface area contributed by atoms with Gasteiger partial charge in [-0.1, -0.05) is 18.2 Å². The summed E-state index contributed by atoms with van der Waals surface area (Å²) in [6.45, 7) is 2.57. The fraction of sp³-hybridized carbons (Fsp3) is 0.222. The maximum absolute atomic E-state index is 12.3. The fourth-order valence-corrected chi connectivity index (χ4v) is 2.64. The molecule has 0 atom stereocenters. The number of benzene rings is 1. The van der Waals surface area contributed by atoms with Crippen LogP contribution < -0.4 is 16.4 Å². The smallest absolute Gasteiger partial charge is 0.273 e. The van der Waals surface area contributed by atoms with Gasteiger partial charge in [-0.2, -0.15) is 0 Å². The van der Waals surface area contributed by atoms with Gasteiger partial charge in [0.05, 0.1) is 12.1 Å². The van der Waals surface area contributed by atoms with Crippen LogP contribution in [0.15, 0.2) is 36.7 Å². The number of nitrogens with zero attached hydrogens (tertiary/aromatic N) is 3. The van der Waals surface area contributed by atoms with Crippen molar-refractivity contribution in [2.75, 3.05) is 24.2 Å². The van der Waals surface area contributed by atoms with E-state index in [-0.39, 0.29) is 24.7 Å². The normalized spacial score (nSPS) is 10.7. The van der Waals surface area contributed by atoms with Crippen LogP contribution in [0, 0.1) is 6.92 Å². The third-order valence-electron chi connectivity index (χ3n) is 3.91. The molecule has 2 aromatic heterocycles. The summed E-state index contributed by atoms with van der Waals surface area (Å²) in [7, 11) is 0. The Hall–Kier alpha value is -3.26. The monoisotopic (exact) mass is 352 g/mol. The number of nitrogens with two attached hydrogens (primary N) is 1. The number of hydrogen-bond donors (Lipinski definition) is 4. The number of para-hydroxylation sites is 1. The van der Waals surface area contributed by atoms with E-state index < -0.39 is 5.91 Å². The van der Waals surface area contributed by atoms with Crippen molar-refractivity contribution in [3.63, 3.8) is 0 Å². The van der Waals surface area contributed by atoms with Crippen molar-refractivity contribution in [2.24, 2.45) is 0 Å². The van der Waals surface area contributed by atoms with Gasteiger partial charge in [-0.05, 0) is 18.6 Å². The molecule has 0 saturated heterocycles. The van der Waals surface area contributed by atoms with Gasteiger partial charge < -0.3 is 21.5 Å². The van der Waals surface area contributed by atoms with E-state index in [1.807, 2.05) is 31.2 Å². The highest BCUT2D eigenvalue weighted by Crippen LogP contribution is 2.23. The highest BCUT2D eigenvalue weighted by molar-refractivity contribution is 5.96. The van der Waals surface area contributed by atoms with E-state index in [1.54, 1.807) is 0 Å². The van der Waals surface area contributed by atoms with Crippen molar-refractivity contribution >= 4 is 28.4 Å². The minimum atomic E-state index is -0.409. The Balaban J connectivity index is 1.88. The lowest BCUT2D eigenvalue weighted by atomic mass is 10.1. The number of aliphatic hydroxyl groups excluding tert-OH is 1. The quantitative estimate of drug-likeness (QED) is 0.526. The first-order valence-corrected chi connectivity index (χ1v) is 8.19. The van der Waals surface area contributed by atoms with Crippen molar-refractivity contribution in [3.05, 3.63) is 53.5 Å². The van der Waals surface area contributed by atoms with Gasteiger partial charge in [0.1, 0.15) is 5.82 Å². The first kappa shape index (κ1) is 17.6. The molecule has 0 aliphatic heterocycles. The zero-order valence-electron chi connectivity index (χ0n) is 14.4. The molecule has 1 amide bonds. The number of aromatic nitrogens is 3. The number of carbonyl (C=O) groups excluding carboxylic acids is 1. The van der Waals surface area contributed by atoms with Crippen molar-refractivity contribution in [1.29, 1.82) is 0 Å². The molecular weight excluding hydrogens is 332 g/mol. The SMILES string of the molecule is Cc1cccc2cc(CNC(=O)c3nccnc3N)c(NCCO)nc12. The molecule has 0 aliphatic rings. The number of amides is 1. The van der Waals surface area contributed by atoms with E-state index in [2.05, 4.69) is 25.6 Å². The van der Waals surface area contributed by atoms with E-state index in [0.29, 0.717) is 12.4 Å². The molecule has 3 aromatic rings. The second-order valence-electron chi connectivity index (χ2n) is 5.77. The summed E-state index contributed by atoms with van der Waals surface area (Å²) in [4.78, 5) is 24.8. The molecule has 8 heteroatoms. The summed E-state index contributed by atoms with van der Waals surface area (Å²) in [6, 6.07) is 7.89. The number of nitrogen functional groups attached to an aromatic ring is 1. The molecule has 8 nitrogen and oxygen atoms in total. The molecule has 0 fully saturated rings. The average Bonchev–Trinajstić information content (AvgIpc) is 2.65. The Bertz CT molecular complexity index is 944. The molecule has 134 valence electrons. The molecule has 0 unspecified atom stereocenters. The maximum atomic E-state index is 12.3. The van der Waals surface area contributed by atoms with E-state index in [1.165, 1.54) is 12.4 Å². The lowest BCUT2D eigenvalue weighted by molar-refractivity contribution is 0.0946. The lowest BCUT2D eigenvalue weighted by Crippen LogP contribution is -2.26. The van der Waals surface area contributed by atoms with Crippen LogP contribution in [0.3, 0.4) is 0 Å². The highest BCUT2D eigenvalue weighted by atomic mass is 16.3. The Morgan fingerprint density at radius 2 is 2.08 bits per heavy atom. The number of aliphatic hydroxyl groups is 1. The van der Waals surface area contributed by atoms with Crippen molar-refractivity contribution in [3.8, 4) is 0 Å². The summed E-state index contributed by atoms with van der Waals surface area (Å²) >= 11 is 0. The number of rotatable bonds is 6. The second kappa shape index (κ2) is 7.75. The van der Waals surface area contributed by atoms with Crippen LogP contribution in [0.2, 0.25) is 0 Å². The zero-order chi connectivity index (χ0) is 18.5. The van der Waals surface area contributed by atoms with Crippen LogP contribution in [0.4, 0.5) is 11.6 Å². The van der Waals surface area contributed by atoms with Crippen LogP contribution in [0.25, 0.3) is 10.9 Å². The largest absolute Gasteiger partial charge is 0.395 e. The number of pyridine rings is 1. The predicted molar refractivity (Wildman–Crippen MR) is 99.7 cm³/mol. The summed E-state index contributed by atoms with van der Waals surface area (Å²) in [5.74, 6) is 0.289. The van der Waals surface area contributed by atoms with Gasteiger partial charge in [0.2, 0.25) is 0 Å². The first-order valence-electron chi connectivity index (χ1n) is 8.19. The number of anilines is 2. The Morgan fingerprint density at radius 1 is 1.27 bits per heavy atom. The summed E-state index contributed by atoms with van der Waals surface area (Å²) < 4.78 is 0. The summed E-state index contributed by atoms with van der Waals surface area (Å²) in [6.07, 6.45) is 2.85. The molecule has 3 rings (SSSR count). The number of hydrogen-bond acceptors (Lipinski definition) is 7. The second-order valence-corrected chi connectivity index (χ2v) is 5.77. The van der Waals surface area contributed by atoms with Crippen molar-refractivity contribution in [1.82, 2.24) is 20.3 Å². The third kappa shape index (κ3) is 3.70. The van der Waals surface area contributed by atoms with Crippen LogP contribution in [0.1, 0.15) is 21.6 Å². The van der Waals surface area contributed by atoms with E-state index in [0.717, 1.165) is 22.0 Å². The minimum absolute atomic E-state index is 0.0184. The molecule has 0 saturated carbocycles. The highest BCUT2D eigenvalue weighted by Gasteiger charge is 2.14. The topological polar surface area (TPSA) is 126 Å². The van der Waals surface area contributed by atoms with Crippen LogP contribution in [0.5, 0.6) is 0 Å². The number of fused-ring (bicyclic) bond motifs is 1. The third-order valence-corrected chi connectivity index (χ3v) is 3.91. The number of carbonyl (C=O) groups is 1. The fourth-order valence-electron chi connectivity index (χ4n) is 2.64. The first-order chi connectivity index (χ1) is 12.6. The van der Waals surface area contributed by atoms with Gasteiger partial charge >= 0.3 is 0 Å². The van der Waals surface area contributed by atoms with E-state index in [4.69, 9.17) is 10.8 Å². The molecule has 2 heterocycles. The summed E-state index contributed by atoms with van der Waals surface area (Å²) in [5.41, 5.74) is 8.50. The molecule has 0 aliphatic carbocycles. The van der Waals surface area contributed by atoms with Crippen LogP contribution in [-0.2, 0) is 6.54 Å². The standard InChI is InChI=1S/C18H20N6O2/c1-11-3-2-4-12-9-13(17(22-7-8-25)24-14(11)12)10-23-18(26)15-16(19)21-6-5-20-15/h2-6,9,25H,7-8,10H2,1H3,(H2,19,21)(H,22,24)(H,23,26). The minimum Gasteiger partial charge on any atom is -0.395 e. The van der Waals surface area contributed by atoms with Crippen molar-refractivity contribution in [2.45, 2.75) is 13.5 Å². The Labute approximate surface area is 150 Å². The lowest BCUT2D eigenvalue weighted by Gasteiger charge is -2.14. The Kier molecular flexibility index (Phi) is 5.23. The molecule has 1 aromatic carbocycles. The molecule has 0 spiro atoms. The van der Waals surface area contributed by atoms with Crippen molar-refractivity contribution < 1.29 is 9.90 Å². The molecule has 5 N–H and O–H groups in total. The van der Waals surface area contributed by atoms with Gasteiger partial charge in [-0.3, -0.25) is 4.79 Å². The predicted octanol–water partition coefficient (Wildman–Crippen LogP) is 1.25.